The van der Waals surface area contributed by atoms with Gasteiger partial charge in [-0.1, -0.05) is 28.1 Å². The van der Waals surface area contributed by atoms with Crippen LogP contribution in [0.3, 0.4) is 0 Å². The Morgan fingerprint density at radius 1 is 1.39 bits per heavy atom. The molecular weight excluding hydrogens is 296 g/mol. The van der Waals surface area contributed by atoms with E-state index in [1.165, 1.54) is 10.8 Å². The van der Waals surface area contributed by atoms with Gasteiger partial charge >= 0.3 is 5.97 Å². The summed E-state index contributed by atoms with van der Waals surface area (Å²) in [5.41, 5.74) is 1.66. The molecule has 0 amide bonds. The smallest absolute Gasteiger partial charge is 0.351 e. The number of aromatic carboxylic acids is 1. The minimum absolute atomic E-state index is 0.128. The monoisotopic (exact) mass is 304 g/mol. The topological polar surface area (TPSA) is 46.6 Å². The van der Waals surface area contributed by atoms with E-state index in [-0.39, 0.29) is 5.69 Å². The second-order valence-electron chi connectivity index (χ2n) is 3.77. The Hall–Kier alpha value is -2.06. The molecule has 0 aliphatic heterocycles. The lowest BCUT2D eigenvalue weighted by atomic mass is 10.0. The summed E-state index contributed by atoms with van der Waals surface area (Å²) in [5, 5.41) is 9.24. The van der Waals surface area contributed by atoms with Gasteiger partial charge in [0.25, 0.3) is 0 Å². The van der Waals surface area contributed by atoms with Gasteiger partial charge in [0, 0.05) is 23.3 Å². The van der Waals surface area contributed by atoms with Crippen LogP contribution in [0.15, 0.2) is 34.9 Å². The third-order valence-corrected chi connectivity index (χ3v) is 3.15. The standard InChI is InChI=1S/C13H9BrN2O2/c1-15-10-7-16(2)12(13(17)18)11(10)8-3-5-9(14)6-4-8/h3-7H,2H3,(H,17,18). The van der Waals surface area contributed by atoms with Crippen molar-refractivity contribution in [2.45, 2.75) is 0 Å². The molecule has 0 radical (unpaired) electrons. The number of carboxylic acid groups (broad SMARTS) is 1. The molecule has 0 bridgehead atoms. The zero-order valence-electron chi connectivity index (χ0n) is 9.51. The molecule has 0 saturated carbocycles. The highest BCUT2D eigenvalue weighted by Crippen LogP contribution is 2.35. The van der Waals surface area contributed by atoms with Gasteiger partial charge in [0.15, 0.2) is 0 Å². The van der Waals surface area contributed by atoms with Crippen molar-refractivity contribution in [1.29, 1.82) is 0 Å². The van der Waals surface area contributed by atoms with Crippen molar-refractivity contribution in [2.24, 2.45) is 7.05 Å². The largest absolute Gasteiger partial charge is 0.477 e. The van der Waals surface area contributed by atoms with Crippen LogP contribution in [0.5, 0.6) is 0 Å². The second-order valence-corrected chi connectivity index (χ2v) is 4.69. The van der Waals surface area contributed by atoms with Crippen LogP contribution in [0, 0.1) is 6.57 Å². The van der Waals surface area contributed by atoms with Crippen molar-refractivity contribution in [3.05, 3.63) is 52.0 Å². The van der Waals surface area contributed by atoms with E-state index < -0.39 is 5.97 Å². The number of rotatable bonds is 2. The second kappa shape index (κ2) is 4.67. The summed E-state index contributed by atoms with van der Waals surface area (Å²) in [7, 11) is 1.63. The van der Waals surface area contributed by atoms with Crippen LogP contribution in [0.25, 0.3) is 16.0 Å². The van der Waals surface area contributed by atoms with Crippen molar-refractivity contribution in [3.63, 3.8) is 0 Å². The number of carbonyl (C=O) groups is 1. The van der Waals surface area contributed by atoms with E-state index in [0.717, 1.165) is 10.0 Å². The normalized spacial score (nSPS) is 10.1. The molecule has 5 heteroatoms. The molecule has 18 heavy (non-hydrogen) atoms. The van der Waals surface area contributed by atoms with E-state index in [1.54, 1.807) is 19.2 Å². The number of carboxylic acids is 1. The van der Waals surface area contributed by atoms with Crippen molar-refractivity contribution in [2.75, 3.05) is 0 Å². The summed E-state index contributed by atoms with van der Waals surface area (Å²) in [6, 6.07) is 7.23. The Bertz CT molecular complexity index is 651. The molecule has 1 aromatic heterocycles. The minimum Gasteiger partial charge on any atom is -0.477 e. The summed E-state index contributed by atoms with van der Waals surface area (Å²) in [4.78, 5) is 14.7. The van der Waals surface area contributed by atoms with E-state index in [2.05, 4.69) is 20.8 Å². The SMILES string of the molecule is [C-]#[N+]c1cn(C)c(C(=O)O)c1-c1ccc(Br)cc1. The van der Waals surface area contributed by atoms with Crippen LogP contribution in [-0.4, -0.2) is 15.6 Å². The van der Waals surface area contributed by atoms with Crippen molar-refractivity contribution in [1.82, 2.24) is 4.57 Å². The average Bonchev–Trinajstić information content (AvgIpc) is 2.67. The zero-order valence-corrected chi connectivity index (χ0v) is 11.1. The Balaban J connectivity index is 2.73. The first-order chi connectivity index (χ1) is 8.54. The molecule has 0 aliphatic rings. The van der Waals surface area contributed by atoms with Gasteiger partial charge in [-0.2, -0.15) is 0 Å². The first kappa shape index (κ1) is 12.4. The summed E-state index contributed by atoms with van der Waals surface area (Å²) >= 11 is 3.32. The lowest BCUT2D eigenvalue weighted by Gasteiger charge is -2.04. The van der Waals surface area contributed by atoms with Gasteiger partial charge < -0.3 is 9.67 Å². The Morgan fingerprint density at radius 3 is 2.50 bits per heavy atom. The highest BCUT2D eigenvalue weighted by Gasteiger charge is 2.20. The van der Waals surface area contributed by atoms with Gasteiger partial charge in [0.05, 0.1) is 6.57 Å². The van der Waals surface area contributed by atoms with Crippen LogP contribution in [-0.2, 0) is 7.05 Å². The van der Waals surface area contributed by atoms with Crippen molar-refractivity contribution >= 4 is 27.6 Å². The van der Waals surface area contributed by atoms with Gasteiger partial charge in [-0.05, 0) is 17.7 Å². The van der Waals surface area contributed by atoms with Crippen molar-refractivity contribution < 1.29 is 9.90 Å². The molecule has 0 spiro atoms. The van der Waals surface area contributed by atoms with Crippen LogP contribution in [0.4, 0.5) is 5.69 Å². The minimum atomic E-state index is -1.04. The van der Waals surface area contributed by atoms with Crippen LogP contribution in [0.2, 0.25) is 0 Å². The molecule has 2 rings (SSSR count). The van der Waals surface area contributed by atoms with E-state index in [4.69, 9.17) is 6.57 Å². The molecule has 0 atom stereocenters. The number of nitrogens with zero attached hydrogens (tertiary/aromatic N) is 2. The lowest BCUT2D eigenvalue weighted by Crippen LogP contribution is -2.05. The number of benzene rings is 1. The molecule has 0 unspecified atom stereocenters. The molecule has 2 aromatic rings. The highest BCUT2D eigenvalue weighted by molar-refractivity contribution is 9.10. The molecular formula is C13H9BrN2O2. The Morgan fingerprint density at radius 2 is 2.00 bits per heavy atom. The number of halogens is 1. The van der Waals surface area contributed by atoms with Gasteiger partial charge in [0.1, 0.15) is 5.69 Å². The molecule has 1 heterocycles. The molecule has 0 saturated heterocycles. The summed E-state index contributed by atoms with van der Waals surface area (Å²) in [6.45, 7) is 7.14. The molecule has 4 nitrogen and oxygen atoms in total. The molecule has 1 aromatic carbocycles. The highest BCUT2D eigenvalue weighted by atomic mass is 79.9. The maximum absolute atomic E-state index is 11.3. The van der Waals surface area contributed by atoms with E-state index in [0.29, 0.717) is 11.3 Å². The number of aryl methyl sites for hydroxylation is 1. The molecule has 90 valence electrons. The summed E-state index contributed by atoms with van der Waals surface area (Å²) in [6.07, 6.45) is 1.54. The van der Waals surface area contributed by atoms with Crippen LogP contribution < -0.4 is 0 Å². The quantitative estimate of drug-likeness (QED) is 0.860. The summed E-state index contributed by atoms with van der Waals surface area (Å²) < 4.78 is 2.37. The molecule has 0 aliphatic carbocycles. The first-order valence-electron chi connectivity index (χ1n) is 5.10. The van der Waals surface area contributed by atoms with E-state index in [1.807, 2.05) is 12.1 Å². The maximum Gasteiger partial charge on any atom is 0.351 e. The third kappa shape index (κ3) is 2.03. The Kier molecular flexibility index (Phi) is 3.21. The third-order valence-electron chi connectivity index (χ3n) is 2.62. The van der Waals surface area contributed by atoms with Gasteiger partial charge in [-0.15, -0.1) is 0 Å². The zero-order chi connectivity index (χ0) is 13.3. The van der Waals surface area contributed by atoms with Gasteiger partial charge in [-0.25, -0.2) is 9.64 Å². The average molecular weight is 305 g/mol. The first-order valence-corrected chi connectivity index (χ1v) is 5.90. The summed E-state index contributed by atoms with van der Waals surface area (Å²) in [5.74, 6) is -1.04. The fraction of sp³-hybridized carbons (Fsp3) is 0.0769. The Labute approximate surface area is 112 Å². The van der Waals surface area contributed by atoms with E-state index in [9.17, 15) is 9.90 Å². The molecule has 0 fully saturated rings. The predicted octanol–water partition coefficient (Wildman–Crippen LogP) is 3.70. The van der Waals surface area contributed by atoms with Crippen LogP contribution in [0.1, 0.15) is 10.5 Å². The van der Waals surface area contributed by atoms with Gasteiger partial charge in [0.2, 0.25) is 5.69 Å². The number of aromatic nitrogens is 1. The fourth-order valence-corrected chi connectivity index (χ4v) is 2.12. The van der Waals surface area contributed by atoms with Crippen LogP contribution >= 0.6 is 15.9 Å². The lowest BCUT2D eigenvalue weighted by molar-refractivity contribution is 0.0687. The maximum atomic E-state index is 11.3. The predicted molar refractivity (Wildman–Crippen MR) is 71.8 cm³/mol. The van der Waals surface area contributed by atoms with Gasteiger partial charge in [-0.3, -0.25) is 0 Å². The fourth-order valence-electron chi connectivity index (χ4n) is 1.85. The molecule has 1 N–H and O–H groups in total. The number of hydrogen-bond acceptors (Lipinski definition) is 1. The number of hydrogen-bond donors (Lipinski definition) is 1. The van der Waals surface area contributed by atoms with E-state index >= 15 is 0 Å². The van der Waals surface area contributed by atoms with Crippen molar-refractivity contribution in [3.8, 4) is 11.1 Å².